The molecule has 0 atom stereocenters. The molecule has 11 heteroatoms. The summed E-state index contributed by atoms with van der Waals surface area (Å²) in [6.45, 7) is 4.91. The number of hydrogen-bond acceptors (Lipinski definition) is 7. The van der Waals surface area contributed by atoms with E-state index in [-0.39, 0.29) is 11.4 Å². The molecule has 0 spiro atoms. The molecule has 0 fully saturated rings. The van der Waals surface area contributed by atoms with Gasteiger partial charge in [0.2, 0.25) is 15.8 Å². The van der Waals surface area contributed by atoms with Crippen LogP contribution in [0, 0.1) is 20.8 Å². The summed E-state index contributed by atoms with van der Waals surface area (Å²) in [6, 6.07) is 13.7. The van der Waals surface area contributed by atoms with Crippen molar-refractivity contribution < 1.29 is 27.4 Å². The molecule has 0 heterocycles. The Morgan fingerprint density at radius 1 is 0.949 bits per heavy atom. The fraction of sp³-hybridized carbons (Fsp3) is 0.286. The third-order valence-electron chi connectivity index (χ3n) is 5.88. The van der Waals surface area contributed by atoms with Gasteiger partial charge < -0.3 is 14.2 Å². The van der Waals surface area contributed by atoms with Gasteiger partial charge in [-0.25, -0.2) is 13.8 Å². The summed E-state index contributed by atoms with van der Waals surface area (Å²) in [4.78, 5) is 13.1. The molecule has 3 rings (SSSR count). The number of benzene rings is 3. The van der Waals surface area contributed by atoms with Gasteiger partial charge in [-0.1, -0.05) is 41.4 Å². The van der Waals surface area contributed by atoms with E-state index in [2.05, 4.69) is 10.5 Å². The first kappa shape index (κ1) is 29.9. The lowest BCUT2D eigenvalue weighted by Gasteiger charge is -2.24. The van der Waals surface area contributed by atoms with Crippen LogP contribution in [0.15, 0.2) is 58.5 Å². The van der Waals surface area contributed by atoms with Crippen molar-refractivity contribution in [2.24, 2.45) is 5.10 Å². The van der Waals surface area contributed by atoms with Gasteiger partial charge in [0.05, 0.1) is 39.0 Å². The van der Waals surface area contributed by atoms with Crippen LogP contribution in [0.25, 0.3) is 0 Å². The van der Waals surface area contributed by atoms with Crippen molar-refractivity contribution in [1.29, 1.82) is 0 Å². The normalized spacial score (nSPS) is 11.6. The second kappa shape index (κ2) is 13.0. The van der Waals surface area contributed by atoms with Crippen molar-refractivity contribution in [3.63, 3.8) is 0 Å². The minimum Gasteiger partial charge on any atom is -0.493 e. The predicted octanol–water partition coefficient (Wildman–Crippen LogP) is 4.63. The summed E-state index contributed by atoms with van der Waals surface area (Å²) in [5.41, 5.74) is 5.83. The maximum atomic E-state index is 13.8. The predicted molar refractivity (Wildman–Crippen MR) is 152 cm³/mol. The highest BCUT2D eigenvalue weighted by Gasteiger charge is 2.30. The molecule has 0 aliphatic heterocycles. The maximum absolute atomic E-state index is 13.8. The number of amides is 1. The van der Waals surface area contributed by atoms with Crippen molar-refractivity contribution in [3.8, 4) is 17.2 Å². The largest absolute Gasteiger partial charge is 0.493 e. The number of sulfonamides is 1. The number of carbonyl (C=O) groups excluding carboxylic acids is 1. The van der Waals surface area contributed by atoms with E-state index in [0.29, 0.717) is 44.5 Å². The lowest BCUT2D eigenvalue weighted by atomic mass is 10.1. The lowest BCUT2D eigenvalue weighted by molar-refractivity contribution is -0.121. The Kier molecular flexibility index (Phi) is 9.96. The standard InChI is InChI=1S/C28H32ClN3O6S/c1-18-11-19(2)28(20(3)12-18)39(34,35)32(16-21-7-9-23(29)10-8-21)17-26(33)31-30-15-22-13-24(36-4)27(38-6)25(14-22)37-5/h7-15H,16-17H2,1-6H3,(H,31,33)/b30-15+. The maximum Gasteiger partial charge on any atom is 0.255 e. The van der Waals surface area contributed by atoms with Gasteiger partial charge in [-0.2, -0.15) is 9.41 Å². The summed E-state index contributed by atoms with van der Waals surface area (Å²) in [7, 11) is 0.439. The van der Waals surface area contributed by atoms with Crippen LogP contribution < -0.4 is 19.6 Å². The second-order valence-corrected chi connectivity index (χ2v) is 11.2. The third-order valence-corrected chi connectivity index (χ3v) is 8.23. The zero-order chi connectivity index (χ0) is 28.7. The van der Waals surface area contributed by atoms with Gasteiger partial charge >= 0.3 is 0 Å². The molecule has 1 amide bonds. The Balaban J connectivity index is 1.87. The van der Waals surface area contributed by atoms with Crippen molar-refractivity contribution in [2.45, 2.75) is 32.2 Å². The summed E-state index contributed by atoms with van der Waals surface area (Å²) < 4.78 is 44.8. The molecular weight excluding hydrogens is 542 g/mol. The van der Waals surface area contributed by atoms with E-state index in [9.17, 15) is 13.2 Å². The number of carbonyl (C=O) groups is 1. The van der Waals surface area contributed by atoms with Crippen LogP contribution in [-0.2, 0) is 21.4 Å². The van der Waals surface area contributed by atoms with E-state index in [4.69, 9.17) is 25.8 Å². The fourth-order valence-electron chi connectivity index (χ4n) is 4.27. The first-order valence-electron chi connectivity index (χ1n) is 11.9. The molecule has 0 unspecified atom stereocenters. The molecule has 3 aromatic carbocycles. The van der Waals surface area contributed by atoms with Crippen LogP contribution in [0.4, 0.5) is 0 Å². The third kappa shape index (κ3) is 7.29. The molecule has 1 N–H and O–H groups in total. The van der Waals surface area contributed by atoms with E-state index >= 15 is 0 Å². The van der Waals surface area contributed by atoms with Crippen LogP contribution in [0.5, 0.6) is 17.2 Å². The van der Waals surface area contributed by atoms with E-state index in [1.807, 2.05) is 19.1 Å². The number of aryl methyl sites for hydroxylation is 3. The van der Waals surface area contributed by atoms with Crippen molar-refractivity contribution in [1.82, 2.24) is 9.73 Å². The molecule has 9 nitrogen and oxygen atoms in total. The molecule has 3 aromatic rings. The highest BCUT2D eigenvalue weighted by Crippen LogP contribution is 2.37. The minimum atomic E-state index is -4.04. The monoisotopic (exact) mass is 573 g/mol. The Labute approximate surface area is 234 Å². The first-order valence-corrected chi connectivity index (χ1v) is 13.8. The van der Waals surface area contributed by atoms with E-state index < -0.39 is 22.5 Å². The minimum absolute atomic E-state index is 0.0315. The number of nitrogens with zero attached hydrogens (tertiary/aromatic N) is 2. The summed E-state index contributed by atoms with van der Waals surface area (Å²) >= 11 is 6.00. The van der Waals surface area contributed by atoms with Crippen molar-refractivity contribution in [3.05, 3.63) is 81.4 Å². The molecule has 0 saturated carbocycles. The highest BCUT2D eigenvalue weighted by atomic mass is 35.5. The number of halogens is 1. The van der Waals surface area contributed by atoms with Crippen LogP contribution in [0.3, 0.4) is 0 Å². The van der Waals surface area contributed by atoms with Crippen molar-refractivity contribution in [2.75, 3.05) is 27.9 Å². The second-order valence-electron chi connectivity index (χ2n) is 8.88. The summed E-state index contributed by atoms with van der Waals surface area (Å²) in [5.74, 6) is 0.659. The smallest absolute Gasteiger partial charge is 0.255 e. The molecule has 0 saturated heterocycles. The molecular formula is C28H32ClN3O6S. The number of ether oxygens (including phenoxy) is 3. The molecule has 0 aliphatic carbocycles. The van der Waals surface area contributed by atoms with Crippen molar-refractivity contribution >= 4 is 33.7 Å². The van der Waals surface area contributed by atoms with E-state index in [1.165, 1.54) is 27.5 Å². The summed E-state index contributed by atoms with van der Waals surface area (Å²) in [5, 5.41) is 4.53. The van der Waals surface area contributed by atoms with Gasteiger partial charge in [-0.15, -0.1) is 0 Å². The van der Waals surface area contributed by atoms with Gasteiger partial charge in [0, 0.05) is 17.1 Å². The topological polar surface area (TPSA) is 107 Å². The Morgan fingerprint density at radius 2 is 1.51 bits per heavy atom. The van der Waals surface area contributed by atoms with Gasteiger partial charge in [-0.05, 0) is 61.7 Å². The number of rotatable bonds is 11. The zero-order valence-electron chi connectivity index (χ0n) is 22.7. The molecule has 0 aliphatic rings. The number of methoxy groups -OCH3 is 3. The highest BCUT2D eigenvalue weighted by molar-refractivity contribution is 7.89. The van der Waals surface area contributed by atoms with Crippen LogP contribution in [-0.4, -0.2) is 52.7 Å². The van der Waals surface area contributed by atoms with Crippen LogP contribution in [0.2, 0.25) is 5.02 Å². The molecule has 208 valence electrons. The van der Waals surface area contributed by atoms with E-state index in [1.54, 1.807) is 50.2 Å². The fourth-order valence-corrected chi connectivity index (χ4v) is 6.19. The first-order chi connectivity index (χ1) is 18.5. The quantitative estimate of drug-likeness (QED) is 0.265. The average Bonchev–Trinajstić information content (AvgIpc) is 2.88. The van der Waals surface area contributed by atoms with Gasteiger partial charge in [0.15, 0.2) is 11.5 Å². The number of hydrazone groups is 1. The van der Waals surface area contributed by atoms with Gasteiger partial charge in [0.25, 0.3) is 5.91 Å². The average molecular weight is 574 g/mol. The van der Waals surface area contributed by atoms with E-state index in [0.717, 1.165) is 9.87 Å². The number of nitrogens with one attached hydrogen (secondary N) is 1. The molecule has 0 radical (unpaired) electrons. The molecule has 39 heavy (non-hydrogen) atoms. The Bertz CT molecular complexity index is 1430. The zero-order valence-corrected chi connectivity index (χ0v) is 24.3. The van der Waals surface area contributed by atoms with Gasteiger partial charge in [-0.3, -0.25) is 4.79 Å². The lowest BCUT2D eigenvalue weighted by Crippen LogP contribution is -2.39. The Morgan fingerprint density at radius 3 is 2.03 bits per heavy atom. The SMILES string of the molecule is COc1cc(/C=N/NC(=O)CN(Cc2ccc(Cl)cc2)S(=O)(=O)c2c(C)cc(C)cc2C)cc(OC)c1OC. The van der Waals surface area contributed by atoms with Gasteiger partial charge in [0.1, 0.15) is 0 Å². The van der Waals surface area contributed by atoms with Crippen LogP contribution >= 0.6 is 11.6 Å². The molecule has 0 bridgehead atoms. The summed E-state index contributed by atoms with van der Waals surface area (Å²) in [6.07, 6.45) is 1.40. The Hall–Kier alpha value is -3.60. The molecule has 0 aromatic heterocycles. The number of hydrogen-bond donors (Lipinski definition) is 1. The van der Waals surface area contributed by atoms with Crippen LogP contribution in [0.1, 0.15) is 27.8 Å².